The lowest BCUT2D eigenvalue weighted by molar-refractivity contribution is -0.0504. The van der Waals surface area contributed by atoms with Gasteiger partial charge < -0.3 is 9.47 Å². The molecule has 0 spiro atoms. The van der Waals surface area contributed by atoms with Crippen molar-refractivity contribution in [3.8, 4) is 5.75 Å². The lowest BCUT2D eigenvalue weighted by Crippen LogP contribution is -2.09. The lowest BCUT2D eigenvalue weighted by Gasteiger charge is -2.07. The van der Waals surface area contributed by atoms with Crippen molar-refractivity contribution in [3.63, 3.8) is 0 Å². The van der Waals surface area contributed by atoms with Gasteiger partial charge in [0, 0.05) is 6.07 Å². The molecule has 0 heterocycles. The van der Waals surface area contributed by atoms with Crippen LogP contribution in [-0.2, 0) is 4.74 Å². The largest absolute Gasteiger partial charge is 0.465 e. The number of hydrogen-bond donors (Lipinski definition) is 0. The molecule has 0 aliphatic heterocycles. The molecule has 5 heteroatoms. The first-order valence-corrected chi connectivity index (χ1v) is 3.69. The van der Waals surface area contributed by atoms with E-state index in [1.807, 2.05) is 0 Å². The van der Waals surface area contributed by atoms with Gasteiger partial charge in [-0.25, -0.2) is 4.79 Å². The Morgan fingerprint density at radius 3 is 2.86 bits per heavy atom. The average molecular weight is 201 g/mol. The van der Waals surface area contributed by atoms with E-state index in [9.17, 15) is 13.6 Å². The van der Waals surface area contributed by atoms with Crippen molar-refractivity contribution in [2.45, 2.75) is 6.61 Å². The molecular formula is C9H7F2O3. The molecule has 0 fully saturated rings. The van der Waals surface area contributed by atoms with Crippen LogP contribution in [0.4, 0.5) is 8.78 Å². The summed E-state index contributed by atoms with van der Waals surface area (Å²) in [6.45, 7) is -2.98. The number of halogens is 2. The van der Waals surface area contributed by atoms with Crippen LogP contribution < -0.4 is 4.74 Å². The third-order valence-corrected chi connectivity index (χ3v) is 1.42. The predicted molar refractivity (Wildman–Crippen MR) is 43.2 cm³/mol. The zero-order valence-corrected chi connectivity index (χ0v) is 7.29. The maximum atomic E-state index is 11.9. The van der Waals surface area contributed by atoms with Crippen molar-refractivity contribution in [1.29, 1.82) is 0 Å². The lowest BCUT2D eigenvalue weighted by atomic mass is 10.2. The molecule has 0 aromatic heterocycles. The van der Waals surface area contributed by atoms with Gasteiger partial charge in [0.25, 0.3) is 0 Å². The molecule has 1 aromatic rings. The van der Waals surface area contributed by atoms with Gasteiger partial charge in [0.15, 0.2) is 0 Å². The average Bonchev–Trinajstić information content (AvgIpc) is 2.16. The minimum atomic E-state index is -2.98. The molecule has 0 bridgehead atoms. The predicted octanol–water partition coefficient (Wildman–Crippen LogP) is 1.87. The van der Waals surface area contributed by atoms with Gasteiger partial charge in [-0.1, -0.05) is 12.1 Å². The van der Waals surface area contributed by atoms with Crippen molar-refractivity contribution in [2.75, 3.05) is 7.11 Å². The zero-order valence-electron chi connectivity index (χ0n) is 7.29. The van der Waals surface area contributed by atoms with Crippen molar-refractivity contribution in [1.82, 2.24) is 0 Å². The van der Waals surface area contributed by atoms with Crippen LogP contribution in [0.15, 0.2) is 18.2 Å². The van der Waals surface area contributed by atoms with Gasteiger partial charge >= 0.3 is 12.6 Å². The maximum absolute atomic E-state index is 11.9. The number of alkyl halides is 2. The van der Waals surface area contributed by atoms with E-state index in [0.717, 1.165) is 7.11 Å². The van der Waals surface area contributed by atoms with Crippen molar-refractivity contribution in [2.24, 2.45) is 0 Å². The van der Waals surface area contributed by atoms with Crippen LogP contribution in [0.3, 0.4) is 0 Å². The summed E-state index contributed by atoms with van der Waals surface area (Å²) in [5, 5.41) is 0. The molecule has 3 nitrogen and oxygen atoms in total. The van der Waals surface area contributed by atoms with E-state index in [0.29, 0.717) is 0 Å². The Bertz CT molecular complexity index is 326. The molecular weight excluding hydrogens is 194 g/mol. The fraction of sp³-hybridized carbons (Fsp3) is 0.222. The molecule has 0 amide bonds. The monoisotopic (exact) mass is 201 g/mol. The summed E-state index contributed by atoms with van der Waals surface area (Å²) in [5.41, 5.74) is -0.143. The summed E-state index contributed by atoms with van der Waals surface area (Å²) in [5.74, 6) is -1.00. The Balaban J connectivity index is 2.97. The topological polar surface area (TPSA) is 35.5 Å². The molecule has 0 atom stereocenters. The van der Waals surface area contributed by atoms with E-state index in [2.05, 4.69) is 15.5 Å². The standard InChI is InChI=1S/C9H7F2O3/c1-13-8(12)6-4-2-3-5-7(6)14-9(10)11/h2-3,5,9H,1H3. The molecule has 14 heavy (non-hydrogen) atoms. The second-order valence-corrected chi connectivity index (χ2v) is 2.28. The fourth-order valence-corrected chi connectivity index (χ4v) is 0.877. The van der Waals surface area contributed by atoms with Gasteiger partial charge in [0.2, 0.25) is 0 Å². The first kappa shape index (κ1) is 10.4. The molecule has 1 rings (SSSR count). The van der Waals surface area contributed by atoms with E-state index < -0.39 is 12.6 Å². The third-order valence-electron chi connectivity index (χ3n) is 1.42. The Hall–Kier alpha value is -1.65. The van der Waals surface area contributed by atoms with Crippen LogP contribution in [0.2, 0.25) is 0 Å². The van der Waals surface area contributed by atoms with Gasteiger partial charge in [-0.2, -0.15) is 8.78 Å². The Morgan fingerprint density at radius 2 is 2.29 bits per heavy atom. The zero-order chi connectivity index (χ0) is 10.6. The maximum Gasteiger partial charge on any atom is 0.387 e. The van der Waals surface area contributed by atoms with E-state index in [1.165, 1.54) is 18.2 Å². The SMILES string of the molecule is COC(=O)c1[c]cccc1OC(F)F. The Kier molecular flexibility index (Phi) is 3.39. The molecule has 1 aromatic carbocycles. The Labute approximate surface area is 79.2 Å². The molecule has 0 unspecified atom stereocenters. The Morgan fingerprint density at radius 1 is 1.57 bits per heavy atom. The quantitative estimate of drug-likeness (QED) is 0.700. The summed E-state index contributed by atoms with van der Waals surface area (Å²) < 4.78 is 32.2. The highest BCUT2D eigenvalue weighted by molar-refractivity contribution is 5.92. The van der Waals surface area contributed by atoms with Crippen LogP contribution >= 0.6 is 0 Å². The summed E-state index contributed by atoms with van der Waals surface area (Å²) in [6.07, 6.45) is 0. The van der Waals surface area contributed by atoms with Crippen LogP contribution in [0.1, 0.15) is 10.4 Å². The number of rotatable bonds is 3. The van der Waals surface area contributed by atoms with Crippen LogP contribution in [0, 0.1) is 6.07 Å². The summed E-state index contributed by atoms with van der Waals surface area (Å²) in [6, 6.07) is 6.55. The van der Waals surface area contributed by atoms with Crippen LogP contribution in [-0.4, -0.2) is 19.7 Å². The van der Waals surface area contributed by atoms with Crippen LogP contribution in [0.25, 0.3) is 0 Å². The number of benzene rings is 1. The molecule has 0 saturated heterocycles. The minimum Gasteiger partial charge on any atom is -0.465 e. The number of hydrogen-bond acceptors (Lipinski definition) is 3. The number of ether oxygens (including phenoxy) is 2. The highest BCUT2D eigenvalue weighted by atomic mass is 19.3. The van der Waals surface area contributed by atoms with Gasteiger partial charge in [-0.3, -0.25) is 0 Å². The first-order chi connectivity index (χ1) is 6.65. The molecule has 0 aliphatic rings. The van der Waals surface area contributed by atoms with Gasteiger partial charge in [0.05, 0.1) is 7.11 Å². The molecule has 1 radical (unpaired) electrons. The molecule has 0 saturated carbocycles. The third kappa shape index (κ3) is 2.42. The summed E-state index contributed by atoms with van der Waals surface area (Å²) >= 11 is 0. The molecule has 75 valence electrons. The van der Waals surface area contributed by atoms with Crippen LogP contribution in [0.5, 0.6) is 5.75 Å². The number of esters is 1. The van der Waals surface area contributed by atoms with Crippen molar-refractivity contribution >= 4 is 5.97 Å². The fourth-order valence-electron chi connectivity index (χ4n) is 0.877. The first-order valence-electron chi connectivity index (χ1n) is 3.69. The second kappa shape index (κ2) is 4.55. The normalized spacial score (nSPS) is 10.0. The minimum absolute atomic E-state index is 0.143. The molecule has 0 aliphatic carbocycles. The van der Waals surface area contributed by atoms with Crippen molar-refractivity contribution in [3.05, 3.63) is 29.8 Å². The smallest absolute Gasteiger partial charge is 0.387 e. The van der Waals surface area contributed by atoms with E-state index in [-0.39, 0.29) is 11.3 Å². The van der Waals surface area contributed by atoms with E-state index >= 15 is 0 Å². The van der Waals surface area contributed by atoms with Gasteiger partial charge in [-0.15, -0.1) is 0 Å². The number of carbonyl (C=O) groups excluding carboxylic acids is 1. The summed E-state index contributed by atoms with van der Waals surface area (Å²) in [4.78, 5) is 11.0. The second-order valence-electron chi connectivity index (χ2n) is 2.28. The number of methoxy groups -OCH3 is 1. The van der Waals surface area contributed by atoms with Gasteiger partial charge in [-0.05, 0) is 6.07 Å². The highest BCUT2D eigenvalue weighted by Crippen LogP contribution is 2.20. The van der Waals surface area contributed by atoms with Crippen molar-refractivity contribution < 1.29 is 23.0 Å². The summed E-state index contributed by atoms with van der Waals surface area (Å²) in [7, 11) is 1.15. The molecule has 0 N–H and O–H groups in total. The highest BCUT2D eigenvalue weighted by Gasteiger charge is 2.15. The van der Waals surface area contributed by atoms with E-state index in [4.69, 9.17) is 0 Å². The number of carbonyl (C=O) groups is 1. The van der Waals surface area contributed by atoms with E-state index in [1.54, 1.807) is 0 Å². The van der Waals surface area contributed by atoms with Gasteiger partial charge in [0.1, 0.15) is 11.3 Å².